The second-order valence-electron chi connectivity index (χ2n) is 9.59. The molecular weight excluding hydrogens is 571 g/mol. The lowest BCUT2D eigenvalue weighted by Gasteiger charge is -2.15. The molecule has 0 radical (unpaired) electrons. The Kier molecular flexibility index (Phi) is 11.7. The molecule has 218 valence electrons. The number of rotatable bonds is 14. The van der Waals surface area contributed by atoms with Gasteiger partial charge in [0.1, 0.15) is 13.2 Å². The monoisotopic (exact) mass is 604 g/mol. The normalized spacial score (nSPS) is 11.0. The number of halogens is 2. The summed E-state index contributed by atoms with van der Waals surface area (Å²) in [7, 11) is 0. The third-order valence-corrected chi connectivity index (χ3v) is 6.93. The number of hydrazone groups is 1. The number of benzene rings is 4. The van der Waals surface area contributed by atoms with Crippen molar-refractivity contribution in [3.8, 4) is 17.2 Å². The standard InChI is InChI=1S/C34H34Cl2N2O4/c1-3-5-9-24-12-15-28(16-13-24)34(39)38-37-21-27-18-29(35)33(30(36)19-27)42-23-26-14-17-31(32(20-26)40-4-2)41-22-25-10-7-6-8-11-25/h6-8,10-21H,3-5,9,22-23H2,1-2H3,(H,38,39)/b37-21+. The summed E-state index contributed by atoms with van der Waals surface area (Å²) in [5.74, 6) is 1.34. The third-order valence-electron chi connectivity index (χ3n) is 6.36. The van der Waals surface area contributed by atoms with E-state index in [4.69, 9.17) is 37.4 Å². The van der Waals surface area contributed by atoms with E-state index in [9.17, 15) is 4.79 Å². The Labute approximate surface area is 257 Å². The van der Waals surface area contributed by atoms with Crippen LogP contribution in [0.4, 0.5) is 0 Å². The van der Waals surface area contributed by atoms with Gasteiger partial charge in [-0.15, -0.1) is 0 Å². The second kappa shape index (κ2) is 15.9. The maximum absolute atomic E-state index is 12.4. The first-order valence-electron chi connectivity index (χ1n) is 13.9. The Morgan fingerprint density at radius 2 is 1.48 bits per heavy atom. The van der Waals surface area contributed by atoms with Gasteiger partial charge in [-0.3, -0.25) is 4.79 Å². The van der Waals surface area contributed by atoms with E-state index in [-0.39, 0.29) is 12.5 Å². The highest BCUT2D eigenvalue weighted by atomic mass is 35.5. The average Bonchev–Trinajstić information content (AvgIpc) is 3.00. The van der Waals surface area contributed by atoms with Gasteiger partial charge in [0.15, 0.2) is 17.2 Å². The first-order valence-corrected chi connectivity index (χ1v) is 14.7. The van der Waals surface area contributed by atoms with E-state index >= 15 is 0 Å². The summed E-state index contributed by atoms with van der Waals surface area (Å²) in [5.41, 5.74) is 6.84. The molecule has 4 aromatic rings. The Hall–Kier alpha value is -4.00. The van der Waals surface area contributed by atoms with Crippen LogP contribution < -0.4 is 19.6 Å². The number of carbonyl (C=O) groups excluding carboxylic acids is 1. The van der Waals surface area contributed by atoms with Gasteiger partial charge in [-0.2, -0.15) is 5.10 Å². The summed E-state index contributed by atoms with van der Waals surface area (Å²) < 4.78 is 17.8. The van der Waals surface area contributed by atoms with Crippen LogP contribution in [0.2, 0.25) is 10.0 Å². The zero-order valence-electron chi connectivity index (χ0n) is 23.7. The van der Waals surface area contributed by atoms with Crippen molar-refractivity contribution in [2.75, 3.05) is 6.61 Å². The highest BCUT2D eigenvalue weighted by Gasteiger charge is 2.12. The maximum Gasteiger partial charge on any atom is 0.271 e. The molecule has 0 saturated heterocycles. The minimum Gasteiger partial charge on any atom is -0.490 e. The van der Waals surface area contributed by atoms with E-state index in [1.807, 2.05) is 67.6 Å². The summed E-state index contributed by atoms with van der Waals surface area (Å²) in [6.45, 7) is 5.24. The Morgan fingerprint density at radius 3 is 2.17 bits per heavy atom. The number of aryl methyl sites for hydroxylation is 1. The molecule has 0 saturated carbocycles. The highest BCUT2D eigenvalue weighted by molar-refractivity contribution is 6.37. The van der Waals surface area contributed by atoms with Crippen molar-refractivity contribution in [2.45, 2.75) is 46.3 Å². The Morgan fingerprint density at radius 1 is 0.786 bits per heavy atom. The molecule has 0 aromatic heterocycles. The molecule has 1 amide bonds. The number of ether oxygens (including phenoxy) is 3. The van der Waals surface area contributed by atoms with Gasteiger partial charge < -0.3 is 14.2 Å². The molecule has 0 unspecified atom stereocenters. The van der Waals surface area contributed by atoms with E-state index in [2.05, 4.69) is 17.5 Å². The van der Waals surface area contributed by atoms with E-state index in [0.29, 0.717) is 51.6 Å². The largest absolute Gasteiger partial charge is 0.490 e. The SMILES string of the molecule is CCCCc1ccc(C(=O)N/N=C/c2cc(Cl)c(OCc3ccc(OCc4ccccc4)c(OCC)c3)c(Cl)c2)cc1. The van der Waals surface area contributed by atoms with Crippen LogP contribution in [-0.2, 0) is 19.6 Å². The molecule has 0 heterocycles. The lowest BCUT2D eigenvalue weighted by Crippen LogP contribution is -2.17. The zero-order valence-corrected chi connectivity index (χ0v) is 25.3. The first kappa shape index (κ1) is 30.9. The zero-order chi connectivity index (χ0) is 29.7. The number of nitrogens with one attached hydrogen (secondary N) is 1. The summed E-state index contributed by atoms with van der Waals surface area (Å²) in [5, 5.41) is 4.71. The van der Waals surface area contributed by atoms with Crippen molar-refractivity contribution in [3.05, 3.63) is 123 Å². The number of hydrogen-bond acceptors (Lipinski definition) is 5. The van der Waals surface area contributed by atoms with Gasteiger partial charge in [-0.25, -0.2) is 5.43 Å². The summed E-state index contributed by atoms with van der Waals surface area (Å²) >= 11 is 13.0. The van der Waals surface area contributed by atoms with Crippen molar-refractivity contribution >= 4 is 35.3 Å². The molecule has 0 aliphatic carbocycles. The quantitative estimate of drug-likeness (QED) is 0.115. The van der Waals surface area contributed by atoms with Crippen LogP contribution in [0.5, 0.6) is 17.2 Å². The Bertz CT molecular complexity index is 1470. The summed E-state index contributed by atoms with van der Waals surface area (Å²) in [4.78, 5) is 12.4. The highest BCUT2D eigenvalue weighted by Crippen LogP contribution is 2.35. The summed E-state index contributed by atoms with van der Waals surface area (Å²) in [6.07, 6.45) is 4.74. The number of hydrogen-bond donors (Lipinski definition) is 1. The minimum atomic E-state index is -0.298. The van der Waals surface area contributed by atoms with Crippen LogP contribution in [0.25, 0.3) is 0 Å². The molecule has 0 fully saturated rings. The fourth-order valence-electron chi connectivity index (χ4n) is 4.15. The van der Waals surface area contributed by atoms with Gasteiger partial charge in [0, 0.05) is 5.56 Å². The van der Waals surface area contributed by atoms with Crippen LogP contribution in [0, 0.1) is 0 Å². The van der Waals surface area contributed by atoms with Crippen molar-refractivity contribution in [3.63, 3.8) is 0 Å². The molecule has 0 atom stereocenters. The molecule has 0 aliphatic heterocycles. The molecule has 42 heavy (non-hydrogen) atoms. The van der Waals surface area contributed by atoms with Gasteiger partial charge in [0.25, 0.3) is 5.91 Å². The second-order valence-corrected chi connectivity index (χ2v) is 10.4. The van der Waals surface area contributed by atoms with Gasteiger partial charge in [0.05, 0.1) is 22.9 Å². The van der Waals surface area contributed by atoms with Gasteiger partial charge in [0.2, 0.25) is 0 Å². The average molecular weight is 606 g/mol. The number of unbranched alkanes of at least 4 members (excludes halogenated alkanes) is 1. The molecule has 0 spiro atoms. The molecular formula is C34H34Cl2N2O4. The third kappa shape index (κ3) is 9.00. The fourth-order valence-corrected chi connectivity index (χ4v) is 4.76. The van der Waals surface area contributed by atoms with Crippen LogP contribution in [0.3, 0.4) is 0 Å². The maximum atomic E-state index is 12.4. The van der Waals surface area contributed by atoms with E-state index < -0.39 is 0 Å². The summed E-state index contributed by atoms with van der Waals surface area (Å²) in [6, 6.07) is 26.5. The molecule has 4 rings (SSSR count). The lowest BCUT2D eigenvalue weighted by atomic mass is 10.1. The van der Waals surface area contributed by atoms with Gasteiger partial charge in [-0.05, 0) is 78.4 Å². The number of nitrogens with zero attached hydrogens (tertiary/aromatic N) is 1. The van der Waals surface area contributed by atoms with Crippen LogP contribution in [0.15, 0.2) is 90.0 Å². The van der Waals surface area contributed by atoms with Crippen molar-refractivity contribution < 1.29 is 19.0 Å². The fraction of sp³-hybridized carbons (Fsp3) is 0.235. The van der Waals surface area contributed by atoms with Crippen LogP contribution in [-0.4, -0.2) is 18.7 Å². The predicted octanol–water partition coefficient (Wildman–Crippen LogP) is 8.66. The van der Waals surface area contributed by atoms with Crippen molar-refractivity contribution in [1.82, 2.24) is 5.43 Å². The molecule has 8 heteroatoms. The minimum absolute atomic E-state index is 0.221. The molecule has 6 nitrogen and oxygen atoms in total. The van der Waals surface area contributed by atoms with Crippen LogP contribution >= 0.6 is 23.2 Å². The first-order chi connectivity index (χ1) is 20.5. The molecule has 1 N–H and O–H groups in total. The number of amides is 1. The van der Waals surface area contributed by atoms with E-state index in [1.165, 1.54) is 11.8 Å². The van der Waals surface area contributed by atoms with E-state index in [1.54, 1.807) is 24.3 Å². The molecule has 0 aliphatic rings. The van der Waals surface area contributed by atoms with Gasteiger partial charge in [-0.1, -0.05) is 85.1 Å². The van der Waals surface area contributed by atoms with E-state index in [0.717, 1.165) is 30.4 Å². The van der Waals surface area contributed by atoms with Crippen molar-refractivity contribution in [1.29, 1.82) is 0 Å². The molecule has 0 bridgehead atoms. The smallest absolute Gasteiger partial charge is 0.271 e. The lowest BCUT2D eigenvalue weighted by molar-refractivity contribution is 0.0955. The van der Waals surface area contributed by atoms with Crippen LogP contribution in [0.1, 0.15) is 59.3 Å². The Balaban J connectivity index is 1.34. The van der Waals surface area contributed by atoms with Gasteiger partial charge >= 0.3 is 0 Å². The topological polar surface area (TPSA) is 69.2 Å². The number of carbonyl (C=O) groups is 1. The predicted molar refractivity (Wildman–Crippen MR) is 169 cm³/mol. The molecule has 4 aromatic carbocycles. The van der Waals surface area contributed by atoms with Crippen molar-refractivity contribution in [2.24, 2.45) is 5.10 Å².